The van der Waals surface area contributed by atoms with Gasteiger partial charge >= 0.3 is 0 Å². The zero-order chi connectivity index (χ0) is 12.1. The molecule has 1 aromatic carbocycles. The summed E-state index contributed by atoms with van der Waals surface area (Å²) in [6.45, 7) is 0.322. The minimum Gasteiger partial charge on any atom is -0.411 e. The van der Waals surface area contributed by atoms with Crippen LogP contribution in [0.3, 0.4) is 0 Å². The van der Waals surface area contributed by atoms with Crippen molar-refractivity contribution in [2.75, 3.05) is 0 Å². The van der Waals surface area contributed by atoms with Gasteiger partial charge in [0.15, 0.2) is 0 Å². The highest BCUT2D eigenvalue weighted by atomic mass is 16.4. The van der Waals surface area contributed by atoms with Crippen LogP contribution >= 0.6 is 0 Å². The molecular weight excluding hydrogens is 218 g/mol. The molecule has 6 nitrogen and oxygen atoms in total. The Bertz CT molecular complexity index is 551. The molecule has 0 fully saturated rings. The number of oxime groups is 1. The third-order valence-corrected chi connectivity index (χ3v) is 2.25. The van der Waals surface area contributed by atoms with Crippen molar-refractivity contribution >= 4 is 5.71 Å². The van der Waals surface area contributed by atoms with E-state index in [2.05, 4.69) is 15.2 Å². The smallest absolute Gasteiger partial charge is 0.137 e. The molecule has 1 aromatic heterocycles. The van der Waals surface area contributed by atoms with Crippen molar-refractivity contribution < 1.29 is 5.21 Å². The number of hydrogen-bond acceptors (Lipinski definition) is 5. The number of nitriles is 1. The van der Waals surface area contributed by atoms with E-state index >= 15 is 0 Å². The van der Waals surface area contributed by atoms with E-state index in [1.54, 1.807) is 28.9 Å². The van der Waals surface area contributed by atoms with E-state index < -0.39 is 0 Å². The fourth-order valence-electron chi connectivity index (χ4n) is 1.39. The number of aromatic nitrogens is 3. The Hall–Kier alpha value is -2.68. The van der Waals surface area contributed by atoms with Gasteiger partial charge in [-0.2, -0.15) is 10.4 Å². The Labute approximate surface area is 97.4 Å². The van der Waals surface area contributed by atoms with Gasteiger partial charge in [0.2, 0.25) is 0 Å². The SMILES string of the molecule is N#Cc1ccc(C(Cn2cncn2)=NO)cc1. The summed E-state index contributed by atoms with van der Waals surface area (Å²) >= 11 is 0. The van der Waals surface area contributed by atoms with E-state index in [-0.39, 0.29) is 0 Å². The third kappa shape index (κ3) is 2.46. The second kappa shape index (κ2) is 4.90. The summed E-state index contributed by atoms with van der Waals surface area (Å²) in [5, 5.41) is 24.8. The van der Waals surface area contributed by atoms with E-state index in [4.69, 9.17) is 10.5 Å². The first-order chi connectivity index (χ1) is 8.33. The molecule has 0 aliphatic rings. The lowest BCUT2D eigenvalue weighted by molar-refractivity contribution is 0.317. The van der Waals surface area contributed by atoms with Crippen molar-refractivity contribution in [3.63, 3.8) is 0 Å². The van der Waals surface area contributed by atoms with Crippen LogP contribution in [-0.4, -0.2) is 25.7 Å². The molecule has 0 saturated carbocycles. The Morgan fingerprint density at radius 2 is 2.18 bits per heavy atom. The van der Waals surface area contributed by atoms with Gasteiger partial charge in [-0.15, -0.1) is 0 Å². The van der Waals surface area contributed by atoms with Crippen LogP contribution in [0, 0.1) is 11.3 Å². The molecule has 0 spiro atoms. The molecule has 0 atom stereocenters. The number of rotatable bonds is 3. The van der Waals surface area contributed by atoms with Gasteiger partial charge in [-0.25, -0.2) is 9.67 Å². The summed E-state index contributed by atoms with van der Waals surface area (Å²) in [4.78, 5) is 3.80. The number of hydrogen-bond donors (Lipinski definition) is 1. The molecule has 2 aromatic rings. The van der Waals surface area contributed by atoms with Gasteiger partial charge in [0.05, 0.1) is 18.2 Å². The average molecular weight is 227 g/mol. The van der Waals surface area contributed by atoms with Crippen LogP contribution in [-0.2, 0) is 6.54 Å². The lowest BCUT2D eigenvalue weighted by Crippen LogP contribution is -2.12. The van der Waals surface area contributed by atoms with Crippen LogP contribution in [0.2, 0.25) is 0 Å². The molecule has 0 radical (unpaired) electrons. The molecule has 1 N–H and O–H groups in total. The summed E-state index contributed by atoms with van der Waals surface area (Å²) in [5.74, 6) is 0. The van der Waals surface area contributed by atoms with Crippen LogP contribution in [0.25, 0.3) is 0 Å². The van der Waals surface area contributed by atoms with Crippen molar-refractivity contribution in [1.82, 2.24) is 14.8 Å². The molecule has 0 aliphatic heterocycles. The molecule has 84 valence electrons. The zero-order valence-corrected chi connectivity index (χ0v) is 8.85. The Morgan fingerprint density at radius 3 is 2.71 bits per heavy atom. The largest absolute Gasteiger partial charge is 0.411 e. The van der Waals surface area contributed by atoms with Crippen LogP contribution in [0.1, 0.15) is 11.1 Å². The molecule has 0 bridgehead atoms. The molecule has 0 unspecified atom stereocenters. The maximum atomic E-state index is 8.97. The molecule has 1 heterocycles. The number of benzene rings is 1. The first kappa shape index (κ1) is 10.8. The van der Waals surface area contributed by atoms with Gasteiger partial charge in [-0.05, 0) is 12.1 Å². The van der Waals surface area contributed by atoms with E-state index in [0.717, 1.165) is 5.56 Å². The highest BCUT2D eigenvalue weighted by molar-refractivity contribution is 6.00. The number of nitrogens with zero attached hydrogens (tertiary/aromatic N) is 5. The first-order valence-corrected chi connectivity index (χ1v) is 4.87. The van der Waals surface area contributed by atoms with Gasteiger partial charge < -0.3 is 5.21 Å². The summed E-state index contributed by atoms with van der Waals surface area (Å²) in [7, 11) is 0. The van der Waals surface area contributed by atoms with Crippen LogP contribution in [0.15, 0.2) is 42.1 Å². The summed E-state index contributed by atoms with van der Waals surface area (Å²) in [6.07, 6.45) is 2.95. The van der Waals surface area contributed by atoms with Crippen LogP contribution < -0.4 is 0 Å². The summed E-state index contributed by atoms with van der Waals surface area (Å²) in [6, 6.07) is 8.82. The van der Waals surface area contributed by atoms with Crippen molar-refractivity contribution in [2.45, 2.75) is 6.54 Å². The van der Waals surface area contributed by atoms with Crippen molar-refractivity contribution in [3.8, 4) is 6.07 Å². The van der Waals surface area contributed by atoms with Gasteiger partial charge in [0.25, 0.3) is 0 Å². The van der Waals surface area contributed by atoms with Crippen molar-refractivity contribution in [2.24, 2.45) is 5.16 Å². The van der Waals surface area contributed by atoms with Crippen LogP contribution in [0.5, 0.6) is 0 Å². The fraction of sp³-hybridized carbons (Fsp3) is 0.0909. The Morgan fingerprint density at radius 1 is 1.41 bits per heavy atom. The highest BCUT2D eigenvalue weighted by Gasteiger charge is 2.06. The maximum Gasteiger partial charge on any atom is 0.137 e. The second-order valence-electron chi connectivity index (χ2n) is 3.33. The van der Waals surface area contributed by atoms with Crippen LogP contribution in [0.4, 0.5) is 0 Å². The standard InChI is InChI=1S/C11H9N5O/c12-5-9-1-3-10(4-2-9)11(15-17)6-16-8-13-7-14-16/h1-4,7-8,17H,6H2. The lowest BCUT2D eigenvalue weighted by atomic mass is 10.1. The van der Waals surface area contributed by atoms with E-state index in [1.165, 1.54) is 12.7 Å². The minimum atomic E-state index is 0.322. The molecule has 2 rings (SSSR count). The van der Waals surface area contributed by atoms with E-state index in [9.17, 15) is 0 Å². The van der Waals surface area contributed by atoms with Crippen molar-refractivity contribution in [3.05, 3.63) is 48.0 Å². The molecule has 0 amide bonds. The minimum absolute atomic E-state index is 0.322. The van der Waals surface area contributed by atoms with Gasteiger partial charge in [0.1, 0.15) is 18.4 Å². The first-order valence-electron chi connectivity index (χ1n) is 4.87. The van der Waals surface area contributed by atoms with Gasteiger partial charge in [-0.1, -0.05) is 17.3 Å². The predicted octanol–water partition coefficient (Wildman–Crippen LogP) is 1.03. The molecule has 6 heteroatoms. The fourth-order valence-corrected chi connectivity index (χ4v) is 1.39. The van der Waals surface area contributed by atoms with E-state index in [0.29, 0.717) is 17.8 Å². The monoisotopic (exact) mass is 227 g/mol. The topological polar surface area (TPSA) is 87.1 Å². The predicted molar refractivity (Wildman–Crippen MR) is 59.5 cm³/mol. The second-order valence-corrected chi connectivity index (χ2v) is 3.33. The molecule has 17 heavy (non-hydrogen) atoms. The van der Waals surface area contributed by atoms with Crippen molar-refractivity contribution in [1.29, 1.82) is 5.26 Å². The highest BCUT2D eigenvalue weighted by Crippen LogP contribution is 2.06. The van der Waals surface area contributed by atoms with Gasteiger partial charge in [0, 0.05) is 5.56 Å². The Kier molecular flexibility index (Phi) is 3.12. The molecular formula is C11H9N5O. The molecule has 0 saturated heterocycles. The molecule has 0 aliphatic carbocycles. The lowest BCUT2D eigenvalue weighted by Gasteiger charge is -2.04. The third-order valence-electron chi connectivity index (χ3n) is 2.25. The average Bonchev–Trinajstić information content (AvgIpc) is 2.89. The van der Waals surface area contributed by atoms with E-state index in [1.807, 2.05) is 6.07 Å². The summed E-state index contributed by atoms with van der Waals surface area (Å²) < 4.78 is 1.55. The summed E-state index contributed by atoms with van der Waals surface area (Å²) in [5.41, 5.74) is 1.76. The zero-order valence-electron chi connectivity index (χ0n) is 8.85. The Balaban J connectivity index is 2.21. The normalized spacial score (nSPS) is 11.1. The quantitative estimate of drug-likeness (QED) is 0.482. The van der Waals surface area contributed by atoms with Gasteiger partial charge in [-0.3, -0.25) is 0 Å². The maximum absolute atomic E-state index is 8.97.